The van der Waals surface area contributed by atoms with Crippen molar-refractivity contribution >= 4 is 34.7 Å². The molecule has 2 N–H and O–H groups in total. The van der Waals surface area contributed by atoms with Gasteiger partial charge in [-0.3, -0.25) is 0 Å². The molecule has 0 radical (unpaired) electrons. The van der Waals surface area contributed by atoms with Crippen LogP contribution in [0.15, 0.2) is 78.0 Å². The minimum Gasteiger partial charge on any atom is -0.463 e. The zero-order valence-corrected chi connectivity index (χ0v) is 23.8. The minimum absolute atomic E-state index is 0.0428. The average Bonchev–Trinajstić information content (AvgIpc) is 3.68. The summed E-state index contributed by atoms with van der Waals surface area (Å²) in [7, 11) is 0. The van der Waals surface area contributed by atoms with Crippen LogP contribution in [0.2, 0.25) is 0 Å². The molecule has 0 aliphatic rings. The average molecular weight is 585 g/mol. The molecule has 0 fully saturated rings. The van der Waals surface area contributed by atoms with Gasteiger partial charge < -0.3 is 19.4 Å². The molecule has 42 heavy (non-hydrogen) atoms. The minimum atomic E-state index is -1.17. The lowest BCUT2D eigenvalue weighted by atomic mass is 9.80. The van der Waals surface area contributed by atoms with Crippen LogP contribution in [-0.4, -0.2) is 33.8 Å². The number of nitrogens with zero attached hydrogens (tertiary/aromatic N) is 2. The number of hydrogen-bond acceptors (Lipinski definition) is 6. The molecule has 0 spiro atoms. The van der Waals surface area contributed by atoms with Crippen LogP contribution in [0.3, 0.4) is 0 Å². The number of carbonyl (C=O) groups is 1. The molecular formula is C32H26F2N4O3S. The molecule has 0 aliphatic heterocycles. The Morgan fingerprint density at radius 1 is 1.17 bits per heavy atom. The summed E-state index contributed by atoms with van der Waals surface area (Å²) in [6.07, 6.45) is 7.97. The van der Waals surface area contributed by atoms with Crippen LogP contribution < -0.4 is 4.74 Å². The first-order chi connectivity index (χ1) is 20.3. The number of hydrogen-bond donors (Lipinski definition) is 2. The van der Waals surface area contributed by atoms with Crippen LogP contribution in [-0.2, 0) is 14.9 Å². The summed E-state index contributed by atoms with van der Waals surface area (Å²) in [6.45, 7) is 3.72. The Morgan fingerprint density at radius 3 is 2.76 bits per heavy atom. The SMILES string of the molecule is CCOC(=O)/C=C/c1cccc(C(C)(C#N)c2cnc(-c3cc(Oc4c(F)cc5[nH]ccc5c4SC)ccc3F)[nH]2)c1. The number of benzene rings is 3. The maximum atomic E-state index is 15.0. The Hall–Kier alpha value is -4.88. The highest BCUT2D eigenvalue weighted by Crippen LogP contribution is 2.41. The number of aromatic amines is 2. The van der Waals surface area contributed by atoms with Crippen molar-refractivity contribution < 1.29 is 23.0 Å². The Labute approximate surface area is 245 Å². The van der Waals surface area contributed by atoms with E-state index in [0.29, 0.717) is 27.2 Å². The van der Waals surface area contributed by atoms with E-state index in [0.717, 1.165) is 5.39 Å². The van der Waals surface area contributed by atoms with Gasteiger partial charge in [0.1, 0.15) is 22.8 Å². The molecule has 1 unspecified atom stereocenters. The zero-order valence-electron chi connectivity index (χ0n) is 23.0. The first-order valence-electron chi connectivity index (χ1n) is 13.0. The Bertz CT molecular complexity index is 1860. The van der Waals surface area contributed by atoms with E-state index >= 15 is 8.78 Å². The molecule has 2 heterocycles. The predicted octanol–water partition coefficient (Wildman–Crippen LogP) is 7.76. The van der Waals surface area contributed by atoms with Crippen molar-refractivity contribution in [1.82, 2.24) is 15.0 Å². The fraction of sp³-hybridized carbons (Fsp3) is 0.156. The number of nitrogens with one attached hydrogen (secondary N) is 2. The summed E-state index contributed by atoms with van der Waals surface area (Å²) < 4.78 is 40.9. The van der Waals surface area contributed by atoms with Crippen molar-refractivity contribution in [3.05, 3.63) is 102 Å². The molecule has 0 saturated carbocycles. The van der Waals surface area contributed by atoms with Crippen LogP contribution in [0, 0.1) is 23.0 Å². The maximum absolute atomic E-state index is 15.0. The number of esters is 1. The third kappa shape index (κ3) is 5.51. The zero-order chi connectivity index (χ0) is 29.9. The lowest BCUT2D eigenvalue weighted by Crippen LogP contribution is -2.22. The van der Waals surface area contributed by atoms with E-state index in [1.54, 1.807) is 50.4 Å². The van der Waals surface area contributed by atoms with Gasteiger partial charge in [0.15, 0.2) is 11.6 Å². The third-order valence-electron chi connectivity index (χ3n) is 6.84. The lowest BCUT2D eigenvalue weighted by Gasteiger charge is -2.21. The van der Waals surface area contributed by atoms with Crippen molar-refractivity contribution in [3.63, 3.8) is 0 Å². The van der Waals surface area contributed by atoms with E-state index in [2.05, 4.69) is 21.0 Å². The molecule has 212 valence electrons. The largest absolute Gasteiger partial charge is 0.463 e. The van der Waals surface area contributed by atoms with Crippen molar-refractivity contribution in [2.75, 3.05) is 12.9 Å². The highest BCUT2D eigenvalue weighted by Gasteiger charge is 2.32. The Balaban J connectivity index is 1.46. The van der Waals surface area contributed by atoms with Gasteiger partial charge in [-0.05, 0) is 67.6 Å². The van der Waals surface area contributed by atoms with E-state index in [4.69, 9.17) is 9.47 Å². The summed E-state index contributed by atoms with van der Waals surface area (Å²) in [5, 5.41) is 11.0. The quantitative estimate of drug-likeness (QED) is 0.104. The van der Waals surface area contributed by atoms with Gasteiger partial charge in [0.25, 0.3) is 0 Å². The van der Waals surface area contributed by atoms with Gasteiger partial charge in [0, 0.05) is 29.2 Å². The second-order valence-electron chi connectivity index (χ2n) is 9.50. The summed E-state index contributed by atoms with van der Waals surface area (Å²) in [5.41, 5.74) is 1.35. The first-order valence-corrected chi connectivity index (χ1v) is 14.2. The number of imidazole rings is 1. The maximum Gasteiger partial charge on any atom is 0.330 e. The third-order valence-corrected chi connectivity index (χ3v) is 7.65. The Morgan fingerprint density at radius 2 is 2.00 bits per heavy atom. The lowest BCUT2D eigenvalue weighted by molar-refractivity contribution is -0.137. The topological polar surface area (TPSA) is 104 Å². The van der Waals surface area contributed by atoms with Gasteiger partial charge in [0.2, 0.25) is 0 Å². The number of aromatic nitrogens is 3. The monoisotopic (exact) mass is 584 g/mol. The molecule has 0 bridgehead atoms. The van der Waals surface area contributed by atoms with Crippen molar-refractivity contribution in [2.45, 2.75) is 24.2 Å². The molecule has 7 nitrogen and oxygen atoms in total. The number of thioether (sulfide) groups is 1. The van der Waals surface area contributed by atoms with E-state index in [1.165, 1.54) is 48.3 Å². The number of ether oxygens (including phenoxy) is 2. The second-order valence-corrected chi connectivity index (χ2v) is 10.3. The normalized spacial score (nSPS) is 12.8. The molecule has 0 amide bonds. The smallest absolute Gasteiger partial charge is 0.330 e. The summed E-state index contributed by atoms with van der Waals surface area (Å²) >= 11 is 1.35. The van der Waals surface area contributed by atoms with Crippen molar-refractivity contribution in [1.29, 1.82) is 5.26 Å². The summed E-state index contributed by atoms with van der Waals surface area (Å²) in [4.78, 5) is 22.8. The summed E-state index contributed by atoms with van der Waals surface area (Å²) in [6, 6.07) is 16.8. The van der Waals surface area contributed by atoms with Gasteiger partial charge >= 0.3 is 5.97 Å². The Kier molecular flexibility index (Phi) is 8.13. The number of fused-ring (bicyclic) bond motifs is 1. The molecule has 5 aromatic rings. The number of H-pyrrole nitrogens is 2. The van der Waals surface area contributed by atoms with Crippen molar-refractivity contribution in [3.8, 4) is 29.0 Å². The predicted molar refractivity (Wildman–Crippen MR) is 158 cm³/mol. The second kappa shape index (κ2) is 11.9. The highest BCUT2D eigenvalue weighted by atomic mass is 32.2. The highest BCUT2D eigenvalue weighted by molar-refractivity contribution is 7.99. The number of rotatable bonds is 9. The van der Waals surface area contributed by atoms with Gasteiger partial charge in [-0.1, -0.05) is 18.2 Å². The molecule has 0 aliphatic carbocycles. The molecular weight excluding hydrogens is 558 g/mol. The number of halogens is 2. The van der Waals surface area contributed by atoms with Crippen LogP contribution >= 0.6 is 11.8 Å². The van der Waals surface area contributed by atoms with Gasteiger partial charge in [-0.15, -0.1) is 11.8 Å². The first kappa shape index (κ1) is 28.6. The van der Waals surface area contributed by atoms with E-state index in [1.807, 2.05) is 12.3 Å². The molecule has 5 rings (SSSR count). The molecule has 10 heteroatoms. The van der Waals surface area contributed by atoms with E-state index < -0.39 is 23.0 Å². The standard InChI is InChI=1S/C32H26F2N4O3S/c1-4-40-28(39)11-8-19-6-5-7-20(14-19)32(2,18-35)27-17-37-31(38-27)23-15-21(9-10-24(23)33)41-29-25(34)16-26-22(12-13-36-26)30(29)42-3/h5-17,36H,4H2,1-3H3,(H,37,38)/b11-8+. The van der Waals surface area contributed by atoms with E-state index in [-0.39, 0.29) is 29.5 Å². The molecule has 3 aromatic carbocycles. The molecule has 0 saturated heterocycles. The van der Waals surface area contributed by atoms with Crippen LogP contribution in [0.5, 0.6) is 11.5 Å². The summed E-state index contributed by atoms with van der Waals surface area (Å²) in [5.74, 6) is -1.14. The van der Waals surface area contributed by atoms with Gasteiger partial charge in [0.05, 0.1) is 35.0 Å². The van der Waals surface area contributed by atoms with Gasteiger partial charge in [-0.25, -0.2) is 18.6 Å². The van der Waals surface area contributed by atoms with Crippen LogP contribution in [0.25, 0.3) is 28.4 Å². The van der Waals surface area contributed by atoms with Gasteiger partial charge in [-0.2, -0.15) is 5.26 Å². The number of carbonyl (C=O) groups excluding carboxylic acids is 1. The fourth-order valence-electron chi connectivity index (χ4n) is 4.59. The molecule has 2 aromatic heterocycles. The molecule has 1 atom stereocenters. The number of nitriles is 1. The van der Waals surface area contributed by atoms with E-state index in [9.17, 15) is 10.1 Å². The van der Waals surface area contributed by atoms with Crippen LogP contribution in [0.1, 0.15) is 30.7 Å². The fourth-order valence-corrected chi connectivity index (χ4v) is 5.31. The van der Waals surface area contributed by atoms with Crippen LogP contribution in [0.4, 0.5) is 8.78 Å². The van der Waals surface area contributed by atoms with Crippen molar-refractivity contribution in [2.24, 2.45) is 0 Å².